The topological polar surface area (TPSA) is 119 Å². The van der Waals surface area contributed by atoms with Crippen LogP contribution in [0.2, 0.25) is 0 Å². The number of aryl methyl sites for hydroxylation is 1. The summed E-state index contributed by atoms with van der Waals surface area (Å²) in [5, 5.41) is 22.8. The van der Waals surface area contributed by atoms with Crippen LogP contribution in [0.4, 0.5) is 5.13 Å². The van der Waals surface area contributed by atoms with Crippen molar-refractivity contribution < 1.29 is 29.0 Å². The molecule has 0 bridgehead atoms. The third-order valence-electron chi connectivity index (χ3n) is 8.71. The Kier molecular flexibility index (Phi) is 9.65. The second-order valence-electron chi connectivity index (χ2n) is 11.8. The van der Waals surface area contributed by atoms with Gasteiger partial charge in [-0.1, -0.05) is 102 Å². The molecule has 2 heterocycles. The molecule has 6 aromatic rings. The molecule has 1 amide bonds. The number of rotatable bonds is 10. The highest BCUT2D eigenvalue weighted by Gasteiger charge is 2.48. The van der Waals surface area contributed by atoms with Gasteiger partial charge >= 0.3 is 11.9 Å². The molecule has 0 saturated carbocycles. The number of esters is 1. The molecule has 11 heteroatoms. The number of methoxy groups -OCH3 is 1. The molecule has 0 aliphatic carbocycles. The Morgan fingerprint density at radius 1 is 0.843 bits per heavy atom. The maximum Gasteiger partial charge on any atom is 0.337 e. The maximum absolute atomic E-state index is 13.8. The number of fused-ring (bicyclic) bond motifs is 1. The van der Waals surface area contributed by atoms with Crippen molar-refractivity contribution >= 4 is 62.4 Å². The first kappa shape index (κ1) is 33.7. The van der Waals surface area contributed by atoms with Crippen molar-refractivity contribution in [2.24, 2.45) is 0 Å². The van der Waals surface area contributed by atoms with E-state index < -0.39 is 23.7 Å². The molecule has 0 spiro atoms. The number of aromatic nitrogens is 2. The summed E-state index contributed by atoms with van der Waals surface area (Å²) >= 11 is 2.67. The Morgan fingerprint density at radius 3 is 2.29 bits per heavy atom. The summed E-state index contributed by atoms with van der Waals surface area (Å²) in [4.78, 5) is 41.0. The lowest BCUT2D eigenvalue weighted by molar-refractivity contribution is -0.132. The van der Waals surface area contributed by atoms with E-state index >= 15 is 0 Å². The van der Waals surface area contributed by atoms with Crippen LogP contribution in [-0.4, -0.2) is 40.1 Å². The number of aliphatic hydroxyl groups excluding tert-OH is 1. The SMILES string of the molecule is COC(=O)c1ccc(C2C(=C(O)c3ccc(OCc4ccccc4C)cc3)C(=O)C(=O)N2c2nnc(SCc3cccc4ccccc34)s2)cc1. The number of anilines is 1. The maximum atomic E-state index is 13.8. The molecule has 0 radical (unpaired) electrons. The van der Waals surface area contributed by atoms with Crippen LogP contribution in [0.5, 0.6) is 5.75 Å². The van der Waals surface area contributed by atoms with Gasteiger partial charge in [0, 0.05) is 11.3 Å². The largest absolute Gasteiger partial charge is 0.507 e. The van der Waals surface area contributed by atoms with Gasteiger partial charge in [-0.25, -0.2) is 4.79 Å². The smallest absolute Gasteiger partial charge is 0.337 e. The van der Waals surface area contributed by atoms with E-state index in [0.717, 1.165) is 27.5 Å². The van der Waals surface area contributed by atoms with Gasteiger partial charge in [0.25, 0.3) is 5.78 Å². The van der Waals surface area contributed by atoms with Crippen molar-refractivity contribution in [3.05, 3.63) is 154 Å². The van der Waals surface area contributed by atoms with Crippen molar-refractivity contribution in [2.45, 2.75) is 29.7 Å². The number of nitrogens with zero attached hydrogens (tertiary/aromatic N) is 3. The third kappa shape index (κ3) is 6.86. The zero-order valence-corrected chi connectivity index (χ0v) is 29.2. The Bertz CT molecular complexity index is 2290. The molecule has 1 aromatic heterocycles. The zero-order valence-electron chi connectivity index (χ0n) is 27.6. The number of carbonyl (C=O) groups is 3. The monoisotopic (exact) mass is 713 g/mol. The van der Waals surface area contributed by atoms with Crippen LogP contribution < -0.4 is 9.64 Å². The Hall–Kier alpha value is -5.78. The van der Waals surface area contributed by atoms with Gasteiger partial charge in [0.2, 0.25) is 5.13 Å². The van der Waals surface area contributed by atoms with E-state index in [1.54, 1.807) is 48.5 Å². The van der Waals surface area contributed by atoms with Crippen molar-refractivity contribution in [1.29, 1.82) is 0 Å². The third-order valence-corrected chi connectivity index (χ3v) is 10.8. The predicted octanol–water partition coefficient (Wildman–Crippen LogP) is 8.28. The molecule has 1 atom stereocenters. The highest BCUT2D eigenvalue weighted by molar-refractivity contribution is 8.00. The first-order valence-electron chi connectivity index (χ1n) is 16.0. The minimum absolute atomic E-state index is 0.112. The fourth-order valence-electron chi connectivity index (χ4n) is 5.98. The summed E-state index contributed by atoms with van der Waals surface area (Å²) in [6, 6.07) is 34.2. The summed E-state index contributed by atoms with van der Waals surface area (Å²) in [7, 11) is 1.29. The van der Waals surface area contributed by atoms with E-state index in [-0.39, 0.29) is 16.5 Å². The van der Waals surface area contributed by atoms with Gasteiger partial charge in [-0.15, -0.1) is 10.2 Å². The Balaban J connectivity index is 1.20. The normalized spacial score (nSPS) is 15.3. The lowest BCUT2D eigenvalue weighted by atomic mass is 9.94. The molecule has 9 nitrogen and oxygen atoms in total. The molecule has 1 aliphatic rings. The van der Waals surface area contributed by atoms with E-state index in [0.29, 0.717) is 39.1 Å². The second kappa shape index (κ2) is 14.6. The number of amides is 1. The van der Waals surface area contributed by atoms with Gasteiger partial charge < -0.3 is 14.6 Å². The average Bonchev–Trinajstić information content (AvgIpc) is 3.74. The first-order chi connectivity index (χ1) is 24.8. The van der Waals surface area contributed by atoms with Crippen LogP contribution in [0.3, 0.4) is 0 Å². The van der Waals surface area contributed by atoms with Crippen molar-refractivity contribution in [1.82, 2.24) is 10.2 Å². The second-order valence-corrected chi connectivity index (χ2v) is 14.0. The van der Waals surface area contributed by atoms with Gasteiger partial charge in [-0.2, -0.15) is 0 Å². The number of thioether (sulfide) groups is 1. The highest BCUT2D eigenvalue weighted by atomic mass is 32.2. The molecular formula is C40H31N3O6S2. The van der Waals surface area contributed by atoms with Crippen molar-refractivity contribution in [2.75, 3.05) is 12.0 Å². The fourth-order valence-corrected chi connectivity index (χ4v) is 7.85. The Morgan fingerprint density at radius 2 is 1.53 bits per heavy atom. The standard InChI is InChI=1S/C40H31N3O6S2/c1-24-8-3-4-10-29(24)22-49-31-20-18-27(19-21-31)35(44)33-34(26-14-16-28(17-15-26)38(47)48-2)43(37(46)36(33)45)39-41-42-40(51-39)50-23-30-12-7-11-25-9-5-6-13-32(25)30/h3-21,34,44H,22-23H2,1-2H3. The number of ether oxygens (including phenoxy) is 2. The molecule has 1 unspecified atom stereocenters. The van der Waals surface area contributed by atoms with Gasteiger partial charge in [-0.05, 0) is 76.3 Å². The molecule has 7 rings (SSSR count). The van der Waals surface area contributed by atoms with Gasteiger partial charge in [0.15, 0.2) is 4.34 Å². The lowest BCUT2D eigenvalue weighted by Crippen LogP contribution is -2.29. The van der Waals surface area contributed by atoms with Gasteiger partial charge in [0.05, 0.1) is 24.3 Å². The predicted molar refractivity (Wildman–Crippen MR) is 198 cm³/mol. The van der Waals surface area contributed by atoms with E-state index in [9.17, 15) is 19.5 Å². The molecule has 1 aliphatic heterocycles. The quantitative estimate of drug-likeness (QED) is 0.0374. The molecule has 5 aromatic carbocycles. The number of ketones is 1. The van der Waals surface area contributed by atoms with Crippen LogP contribution in [-0.2, 0) is 26.7 Å². The van der Waals surface area contributed by atoms with Crippen LogP contribution in [0.15, 0.2) is 125 Å². The van der Waals surface area contributed by atoms with Gasteiger partial charge in [0.1, 0.15) is 18.1 Å². The van der Waals surface area contributed by atoms with E-state index in [2.05, 4.69) is 34.5 Å². The van der Waals surface area contributed by atoms with E-state index in [1.165, 1.54) is 35.1 Å². The van der Waals surface area contributed by atoms with Crippen LogP contribution in [0, 0.1) is 6.92 Å². The van der Waals surface area contributed by atoms with E-state index in [1.807, 2.05) is 49.4 Å². The lowest BCUT2D eigenvalue weighted by Gasteiger charge is -2.22. The molecule has 1 saturated heterocycles. The van der Waals surface area contributed by atoms with Crippen molar-refractivity contribution in [3.63, 3.8) is 0 Å². The zero-order chi connectivity index (χ0) is 35.5. The number of aliphatic hydroxyl groups is 1. The molecule has 1 fully saturated rings. The van der Waals surface area contributed by atoms with Crippen LogP contribution >= 0.6 is 23.1 Å². The number of hydrogen-bond acceptors (Lipinski definition) is 10. The molecule has 254 valence electrons. The first-order valence-corrected chi connectivity index (χ1v) is 17.8. The van der Waals surface area contributed by atoms with Crippen LogP contribution in [0.1, 0.15) is 44.2 Å². The number of Topliss-reactive ketones (excluding diaryl/α,β-unsaturated/α-hetero) is 1. The fraction of sp³-hybridized carbons (Fsp3) is 0.125. The number of benzene rings is 5. The summed E-state index contributed by atoms with van der Waals surface area (Å²) < 4.78 is 11.4. The number of hydrogen-bond donors (Lipinski definition) is 1. The molecular weight excluding hydrogens is 683 g/mol. The van der Waals surface area contributed by atoms with E-state index in [4.69, 9.17) is 9.47 Å². The highest BCUT2D eigenvalue weighted by Crippen LogP contribution is 2.44. The summed E-state index contributed by atoms with van der Waals surface area (Å²) in [5.41, 5.74) is 4.30. The Labute approximate surface area is 302 Å². The van der Waals surface area contributed by atoms with Crippen LogP contribution in [0.25, 0.3) is 16.5 Å². The average molecular weight is 714 g/mol. The van der Waals surface area contributed by atoms with Gasteiger partial charge in [-0.3, -0.25) is 14.5 Å². The molecule has 1 N–H and O–H groups in total. The summed E-state index contributed by atoms with van der Waals surface area (Å²) in [5.74, 6) is -1.39. The molecule has 51 heavy (non-hydrogen) atoms. The minimum Gasteiger partial charge on any atom is -0.507 e. The summed E-state index contributed by atoms with van der Waals surface area (Å²) in [6.45, 7) is 2.39. The number of carbonyl (C=O) groups excluding carboxylic acids is 3. The van der Waals surface area contributed by atoms with Crippen molar-refractivity contribution in [3.8, 4) is 5.75 Å². The summed E-state index contributed by atoms with van der Waals surface area (Å²) in [6.07, 6.45) is 0. The minimum atomic E-state index is -1.04.